The molecule has 2 amide bonds. The topological polar surface area (TPSA) is 120 Å². The van der Waals surface area contributed by atoms with E-state index < -0.39 is 0 Å². The van der Waals surface area contributed by atoms with E-state index in [9.17, 15) is 9.59 Å². The lowest BCUT2D eigenvalue weighted by atomic mass is 10.1. The number of anilines is 2. The van der Waals surface area contributed by atoms with E-state index in [1.54, 1.807) is 36.4 Å². The Morgan fingerprint density at radius 2 is 1.53 bits per heavy atom. The van der Waals surface area contributed by atoms with E-state index in [-0.39, 0.29) is 18.2 Å². The zero-order chi connectivity index (χ0) is 23.9. The normalized spacial score (nSPS) is 10.4. The van der Waals surface area contributed by atoms with Gasteiger partial charge in [0.05, 0.1) is 37.7 Å². The first-order valence-electron chi connectivity index (χ1n) is 10.3. The quantitative estimate of drug-likeness (QED) is 0.416. The van der Waals surface area contributed by atoms with Crippen LogP contribution in [0.25, 0.3) is 5.69 Å². The van der Waals surface area contributed by atoms with Crippen molar-refractivity contribution in [2.45, 2.75) is 6.42 Å². The summed E-state index contributed by atoms with van der Waals surface area (Å²) in [7, 11) is 2.97. The van der Waals surface area contributed by atoms with Crippen molar-refractivity contribution >= 4 is 23.2 Å². The number of nitrogens with one attached hydrogen (secondary N) is 2. The molecule has 0 saturated carbocycles. The number of hydrogen-bond acceptors (Lipinski definition) is 7. The molecule has 4 aromatic rings. The number of amides is 2. The van der Waals surface area contributed by atoms with Crippen LogP contribution in [-0.4, -0.2) is 46.2 Å². The molecule has 0 saturated heterocycles. The molecule has 0 radical (unpaired) electrons. The number of carbonyl (C=O) groups excluding carboxylic acids is 2. The molecule has 0 spiro atoms. The molecule has 0 aliphatic heterocycles. The Morgan fingerprint density at radius 3 is 2.12 bits per heavy atom. The lowest BCUT2D eigenvalue weighted by molar-refractivity contribution is -0.115. The van der Waals surface area contributed by atoms with Crippen LogP contribution >= 0.6 is 0 Å². The molecule has 10 heteroatoms. The Hall–Kier alpha value is -4.73. The second-order valence-corrected chi connectivity index (χ2v) is 7.22. The number of tetrazole rings is 1. The van der Waals surface area contributed by atoms with E-state index in [1.807, 2.05) is 30.3 Å². The first-order valence-corrected chi connectivity index (χ1v) is 10.3. The first-order chi connectivity index (χ1) is 16.6. The molecule has 0 fully saturated rings. The summed E-state index contributed by atoms with van der Waals surface area (Å²) in [6.45, 7) is 0. The van der Waals surface area contributed by atoms with Crippen LogP contribution in [0, 0.1) is 0 Å². The zero-order valence-electron chi connectivity index (χ0n) is 18.6. The van der Waals surface area contributed by atoms with Crippen molar-refractivity contribution in [3.8, 4) is 17.2 Å². The molecule has 172 valence electrons. The van der Waals surface area contributed by atoms with E-state index >= 15 is 0 Å². The fraction of sp³-hybridized carbons (Fsp3) is 0.125. The Morgan fingerprint density at radius 1 is 0.882 bits per heavy atom. The number of hydrogen-bond donors (Lipinski definition) is 2. The highest BCUT2D eigenvalue weighted by atomic mass is 16.5. The lowest BCUT2D eigenvalue weighted by Gasteiger charge is -2.16. The molecule has 1 aromatic heterocycles. The summed E-state index contributed by atoms with van der Waals surface area (Å²) < 4.78 is 12.4. The van der Waals surface area contributed by atoms with Crippen molar-refractivity contribution in [2.75, 3.05) is 24.9 Å². The van der Waals surface area contributed by atoms with Gasteiger partial charge in [0.25, 0.3) is 5.91 Å². The van der Waals surface area contributed by atoms with E-state index in [0.717, 1.165) is 11.3 Å². The summed E-state index contributed by atoms with van der Waals surface area (Å²) in [6.07, 6.45) is 1.64. The predicted octanol–water partition coefficient (Wildman–Crippen LogP) is 3.11. The first kappa shape index (κ1) is 22.5. The van der Waals surface area contributed by atoms with Gasteiger partial charge in [-0.05, 0) is 40.3 Å². The third-order valence-electron chi connectivity index (χ3n) is 4.99. The number of ether oxygens (including phenoxy) is 2. The van der Waals surface area contributed by atoms with Gasteiger partial charge in [-0.2, -0.15) is 0 Å². The summed E-state index contributed by atoms with van der Waals surface area (Å²) in [5, 5.41) is 16.7. The Balaban J connectivity index is 1.47. The van der Waals surface area contributed by atoms with Gasteiger partial charge >= 0.3 is 0 Å². The van der Waals surface area contributed by atoms with Gasteiger partial charge in [0.15, 0.2) is 0 Å². The van der Waals surface area contributed by atoms with Crippen molar-refractivity contribution in [3.05, 3.63) is 84.2 Å². The molecule has 0 unspecified atom stereocenters. The highest BCUT2D eigenvalue weighted by Crippen LogP contribution is 2.36. The molecule has 4 rings (SSSR count). The van der Waals surface area contributed by atoms with Gasteiger partial charge in [0, 0.05) is 17.7 Å². The maximum Gasteiger partial charge on any atom is 0.255 e. The van der Waals surface area contributed by atoms with Crippen LogP contribution in [0.4, 0.5) is 11.4 Å². The maximum atomic E-state index is 12.7. The van der Waals surface area contributed by atoms with Crippen LogP contribution in [0.1, 0.15) is 15.9 Å². The van der Waals surface area contributed by atoms with Crippen LogP contribution in [0.15, 0.2) is 73.1 Å². The third-order valence-corrected chi connectivity index (χ3v) is 4.99. The van der Waals surface area contributed by atoms with Gasteiger partial charge < -0.3 is 20.1 Å². The fourth-order valence-electron chi connectivity index (χ4n) is 3.30. The molecule has 34 heavy (non-hydrogen) atoms. The van der Waals surface area contributed by atoms with E-state index in [1.165, 1.54) is 25.2 Å². The minimum absolute atomic E-state index is 0.147. The average molecular weight is 458 g/mol. The molecule has 2 N–H and O–H groups in total. The van der Waals surface area contributed by atoms with Gasteiger partial charge in [0.2, 0.25) is 5.91 Å². The summed E-state index contributed by atoms with van der Waals surface area (Å²) >= 11 is 0. The molecular formula is C24H22N6O4. The molecular weight excluding hydrogens is 436 g/mol. The highest BCUT2D eigenvalue weighted by Gasteiger charge is 2.16. The average Bonchev–Trinajstić information content (AvgIpc) is 3.40. The number of methoxy groups -OCH3 is 2. The highest BCUT2D eigenvalue weighted by molar-refractivity contribution is 6.05. The van der Waals surface area contributed by atoms with Crippen LogP contribution in [0.2, 0.25) is 0 Å². The number of aromatic nitrogens is 4. The van der Waals surface area contributed by atoms with Crippen LogP contribution in [0.3, 0.4) is 0 Å². The largest absolute Gasteiger partial charge is 0.494 e. The van der Waals surface area contributed by atoms with Crippen molar-refractivity contribution < 1.29 is 19.1 Å². The summed E-state index contributed by atoms with van der Waals surface area (Å²) in [5.74, 6) is 0.233. The molecule has 3 aromatic carbocycles. The minimum atomic E-state index is -0.289. The monoisotopic (exact) mass is 458 g/mol. The molecule has 10 nitrogen and oxygen atoms in total. The van der Waals surface area contributed by atoms with Crippen LogP contribution < -0.4 is 20.1 Å². The number of benzene rings is 3. The van der Waals surface area contributed by atoms with Crippen LogP contribution in [0.5, 0.6) is 11.5 Å². The van der Waals surface area contributed by atoms with Crippen LogP contribution in [-0.2, 0) is 11.2 Å². The van der Waals surface area contributed by atoms with Crippen molar-refractivity contribution in [1.82, 2.24) is 20.2 Å². The van der Waals surface area contributed by atoms with E-state index in [4.69, 9.17) is 9.47 Å². The third kappa shape index (κ3) is 5.18. The molecule has 1 heterocycles. The molecule has 0 aliphatic carbocycles. The number of nitrogens with zero attached hydrogens (tertiary/aromatic N) is 4. The summed E-state index contributed by atoms with van der Waals surface area (Å²) in [4.78, 5) is 25.3. The SMILES string of the molecule is COc1cc(NC(=O)c2ccccc2)c(OC)cc1NC(=O)Cc1ccc(-n2cnnn2)cc1. The van der Waals surface area contributed by atoms with E-state index in [0.29, 0.717) is 28.4 Å². The summed E-state index contributed by atoms with van der Waals surface area (Å²) in [6, 6.07) is 19.4. The zero-order valence-corrected chi connectivity index (χ0v) is 18.6. The van der Waals surface area contributed by atoms with E-state index in [2.05, 4.69) is 26.2 Å². The Labute approximate surface area is 195 Å². The van der Waals surface area contributed by atoms with Crippen molar-refractivity contribution in [2.24, 2.45) is 0 Å². The maximum absolute atomic E-state index is 12.7. The Bertz CT molecular complexity index is 1280. The summed E-state index contributed by atoms with van der Waals surface area (Å²) in [5.41, 5.74) is 2.95. The number of carbonyl (C=O) groups is 2. The standard InChI is InChI=1S/C24H22N6O4/c1-33-21-14-20(27-24(32)17-6-4-3-5-7-17)22(34-2)13-19(21)26-23(31)12-16-8-10-18(11-9-16)30-15-25-28-29-30/h3-11,13-15H,12H2,1-2H3,(H,26,31)(H,27,32). The second kappa shape index (κ2) is 10.3. The number of rotatable bonds is 8. The van der Waals surface area contributed by atoms with Crippen molar-refractivity contribution in [3.63, 3.8) is 0 Å². The Kier molecular flexibility index (Phi) is 6.78. The molecule has 0 atom stereocenters. The molecule has 0 bridgehead atoms. The lowest BCUT2D eigenvalue weighted by Crippen LogP contribution is -2.16. The smallest absolute Gasteiger partial charge is 0.255 e. The fourth-order valence-corrected chi connectivity index (χ4v) is 3.30. The van der Waals surface area contributed by atoms with Gasteiger partial charge in [-0.3, -0.25) is 9.59 Å². The second-order valence-electron chi connectivity index (χ2n) is 7.22. The van der Waals surface area contributed by atoms with Gasteiger partial charge in [0.1, 0.15) is 17.8 Å². The van der Waals surface area contributed by atoms with Gasteiger partial charge in [-0.1, -0.05) is 30.3 Å². The van der Waals surface area contributed by atoms with Crippen molar-refractivity contribution in [1.29, 1.82) is 0 Å². The molecule has 0 aliphatic rings. The van der Waals surface area contributed by atoms with Gasteiger partial charge in [-0.25, -0.2) is 4.68 Å². The predicted molar refractivity (Wildman–Crippen MR) is 125 cm³/mol. The minimum Gasteiger partial charge on any atom is -0.494 e. The van der Waals surface area contributed by atoms with Gasteiger partial charge in [-0.15, -0.1) is 5.10 Å².